The molecule has 1 N–H and O–H groups in total. The molecule has 6 nitrogen and oxygen atoms in total. The first-order valence-electron chi connectivity index (χ1n) is 8.28. The van der Waals surface area contributed by atoms with Gasteiger partial charge in [0.25, 0.3) is 0 Å². The fraction of sp³-hybridized carbons (Fsp3) is 0.333. The quantitative estimate of drug-likeness (QED) is 0.342. The van der Waals surface area contributed by atoms with Crippen molar-refractivity contribution in [2.24, 2.45) is 0 Å². The molecular formula is C18H21N3O3S3. The van der Waals surface area contributed by atoms with Crippen LogP contribution in [0.2, 0.25) is 0 Å². The minimum Gasteiger partial charge on any atom is -0.462 e. The molecule has 0 saturated heterocycles. The van der Waals surface area contributed by atoms with Crippen molar-refractivity contribution in [2.45, 2.75) is 28.9 Å². The molecule has 0 saturated carbocycles. The minimum absolute atomic E-state index is 0.146. The number of anilines is 1. The Morgan fingerprint density at radius 1 is 1.15 bits per heavy atom. The Morgan fingerprint density at radius 2 is 1.78 bits per heavy atom. The third-order valence-electron chi connectivity index (χ3n) is 3.00. The lowest BCUT2D eigenvalue weighted by Crippen LogP contribution is -2.14. The Labute approximate surface area is 171 Å². The van der Waals surface area contributed by atoms with Gasteiger partial charge in [-0.3, -0.25) is 4.79 Å². The van der Waals surface area contributed by atoms with Gasteiger partial charge in [0.1, 0.15) is 0 Å². The van der Waals surface area contributed by atoms with E-state index in [4.69, 9.17) is 4.74 Å². The van der Waals surface area contributed by atoms with Gasteiger partial charge >= 0.3 is 5.97 Å². The van der Waals surface area contributed by atoms with E-state index >= 15 is 0 Å². The van der Waals surface area contributed by atoms with Gasteiger partial charge in [-0.1, -0.05) is 53.9 Å². The maximum absolute atomic E-state index is 12.1. The molecule has 9 heteroatoms. The number of benzene rings is 1. The number of thioether (sulfide) groups is 2. The van der Waals surface area contributed by atoms with Crippen molar-refractivity contribution in [1.82, 2.24) is 10.2 Å². The van der Waals surface area contributed by atoms with E-state index in [0.717, 1.165) is 26.4 Å². The molecule has 27 heavy (non-hydrogen) atoms. The van der Waals surface area contributed by atoms with Crippen LogP contribution in [0.4, 0.5) is 5.69 Å². The summed E-state index contributed by atoms with van der Waals surface area (Å²) in [5, 5.41) is 11.0. The summed E-state index contributed by atoms with van der Waals surface area (Å²) in [5.74, 6) is 0.538. The van der Waals surface area contributed by atoms with E-state index in [9.17, 15) is 9.59 Å². The van der Waals surface area contributed by atoms with Crippen LogP contribution in [-0.4, -0.2) is 40.2 Å². The topological polar surface area (TPSA) is 81.2 Å². The van der Waals surface area contributed by atoms with E-state index in [2.05, 4.69) is 22.1 Å². The van der Waals surface area contributed by atoms with Gasteiger partial charge in [0.2, 0.25) is 5.91 Å². The lowest BCUT2D eigenvalue weighted by Gasteiger charge is -2.06. The van der Waals surface area contributed by atoms with Crippen LogP contribution in [-0.2, 0) is 9.53 Å². The molecule has 1 heterocycles. The molecule has 0 aliphatic heterocycles. The first kappa shape index (κ1) is 21.5. The van der Waals surface area contributed by atoms with Crippen molar-refractivity contribution in [2.75, 3.05) is 23.4 Å². The maximum Gasteiger partial charge on any atom is 0.338 e. The average Bonchev–Trinajstić information content (AvgIpc) is 3.11. The molecule has 2 rings (SSSR count). The highest BCUT2D eigenvalue weighted by Gasteiger charge is 2.10. The molecule has 0 unspecified atom stereocenters. The number of rotatable bonds is 10. The number of carbonyl (C=O) groups is 2. The molecule has 2 aromatic rings. The van der Waals surface area contributed by atoms with E-state index in [-0.39, 0.29) is 17.6 Å². The second kappa shape index (κ2) is 11.1. The van der Waals surface area contributed by atoms with Gasteiger partial charge in [-0.05, 0) is 37.6 Å². The summed E-state index contributed by atoms with van der Waals surface area (Å²) < 4.78 is 6.69. The number of hydrogen-bond donors (Lipinski definition) is 1. The first-order chi connectivity index (χ1) is 13.0. The van der Waals surface area contributed by atoms with Gasteiger partial charge in [-0.2, -0.15) is 0 Å². The third-order valence-corrected chi connectivity index (χ3v) is 6.42. The molecule has 0 aliphatic rings. The van der Waals surface area contributed by atoms with E-state index in [0.29, 0.717) is 17.9 Å². The van der Waals surface area contributed by atoms with Gasteiger partial charge < -0.3 is 10.1 Å². The molecule has 1 aromatic heterocycles. The fourth-order valence-corrected chi connectivity index (χ4v) is 4.45. The molecule has 1 amide bonds. The van der Waals surface area contributed by atoms with Crippen LogP contribution in [0, 0.1) is 0 Å². The molecule has 0 fully saturated rings. The Hall–Kier alpha value is -1.84. The second-order valence-electron chi connectivity index (χ2n) is 5.63. The van der Waals surface area contributed by atoms with Gasteiger partial charge in [0.05, 0.1) is 17.9 Å². The van der Waals surface area contributed by atoms with Gasteiger partial charge in [-0.15, -0.1) is 10.2 Å². The van der Waals surface area contributed by atoms with Crippen molar-refractivity contribution in [3.63, 3.8) is 0 Å². The van der Waals surface area contributed by atoms with Crippen molar-refractivity contribution in [3.05, 3.63) is 42.0 Å². The summed E-state index contributed by atoms with van der Waals surface area (Å²) in [6, 6.07) is 6.64. The molecule has 0 bridgehead atoms. The van der Waals surface area contributed by atoms with Crippen LogP contribution in [0.5, 0.6) is 0 Å². The van der Waals surface area contributed by atoms with Crippen molar-refractivity contribution < 1.29 is 14.3 Å². The smallest absolute Gasteiger partial charge is 0.338 e. The number of aromatic nitrogens is 2. The van der Waals surface area contributed by atoms with Crippen LogP contribution in [0.3, 0.4) is 0 Å². The molecule has 1 aromatic carbocycles. The molecule has 0 atom stereocenters. The lowest BCUT2D eigenvalue weighted by molar-refractivity contribution is -0.113. The highest BCUT2D eigenvalue weighted by atomic mass is 32.2. The van der Waals surface area contributed by atoms with Crippen molar-refractivity contribution >= 4 is 52.4 Å². The van der Waals surface area contributed by atoms with Crippen LogP contribution in [0.15, 0.2) is 45.1 Å². The summed E-state index contributed by atoms with van der Waals surface area (Å²) >= 11 is 4.40. The summed E-state index contributed by atoms with van der Waals surface area (Å²) in [6.45, 7) is 8.16. The average molecular weight is 424 g/mol. The predicted octanol–water partition coefficient (Wildman–Crippen LogP) is 4.50. The number of esters is 1. The zero-order chi connectivity index (χ0) is 19.6. The standard InChI is InChI=1S/C18H21N3O3S3/c1-4-9-24-16(23)13-5-7-14(8-6-13)19-15(22)11-26-18-21-20-17(27-18)25-10-12(2)3/h5-8H,2,4,9-11H2,1,3H3,(H,19,22). The number of ether oxygens (including phenoxy) is 1. The van der Waals surface area contributed by atoms with Crippen LogP contribution in [0.25, 0.3) is 0 Å². The molecule has 0 radical (unpaired) electrons. The Morgan fingerprint density at radius 3 is 2.37 bits per heavy atom. The summed E-state index contributed by atoms with van der Waals surface area (Å²) in [7, 11) is 0. The Kier molecular flexibility index (Phi) is 8.83. The number of carbonyl (C=O) groups excluding carboxylic acids is 2. The van der Waals surface area contributed by atoms with Gasteiger partial charge in [0, 0.05) is 11.4 Å². The third kappa shape index (κ3) is 7.74. The van der Waals surface area contributed by atoms with Crippen LogP contribution < -0.4 is 5.32 Å². The predicted molar refractivity (Wildman–Crippen MR) is 112 cm³/mol. The molecule has 0 aliphatic carbocycles. The first-order valence-corrected chi connectivity index (χ1v) is 11.1. The highest BCUT2D eigenvalue weighted by molar-refractivity contribution is 8.03. The summed E-state index contributed by atoms with van der Waals surface area (Å²) in [6.07, 6.45) is 0.778. The van der Waals surface area contributed by atoms with Crippen molar-refractivity contribution in [3.8, 4) is 0 Å². The van der Waals surface area contributed by atoms with Crippen molar-refractivity contribution in [1.29, 1.82) is 0 Å². The van der Waals surface area contributed by atoms with E-state index in [1.165, 1.54) is 23.1 Å². The van der Waals surface area contributed by atoms with Gasteiger partial charge in [-0.25, -0.2) is 4.79 Å². The summed E-state index contributed by atoms with van der Waals surface area (Å²) in [4.78, 5) is 23.8. The fourth-order valence-electron chi connectivity index (χ4n) is 1.79. The number of nitrogens with one attached hydrogen (secondary N) is 1. The Balaban J connectivity index is 1.78. The molecule has 0 spiro atoms. The van der Waals surface area contributed by atoms with Crippen LogP contribution in [0.1, 0.15) is 30.6 Å². The molecule has 144 valence electrons. The largest absolute Gasteiger partial charge is 0.462 e. The summed E-state index contributed by atoms with van der Waals surface area (Å²) in [5.41, 5.74) is 2.17. The van der Waals surface area contributed by atoms with E-state index in [1.54, 1.807) is 36.0 Å². The van der Waals surface area contributed by atoms with Gasteiger partial charge in [0.15, 0.2) is 8.68 Å². The minimum atomic E-state index is -0.359. The monoisotopic (exact) mass is 423 g/mol. The lowest BCUT2D eigenvalue weighted by atomic mass is 10.2. The van der Waals surface area contributed by atoms with E-state index in [1.807, 2.05) is 13.8 Å². The zero-order valence-corrected chi connectivity index (χ0v) is 17.6. The molecular weight excluding hydrogens is 402 g/mol. The number of hydrogen-bond acceptors (Lipinski definition) is 8. The normalized spacial score (nSPS) is 10.4. The Bertz CT molecular complexity index is 791. The SMILES string of the molecule is C=C(C)CSc1nnc(SCC(=O)Nc2ccc(C(=O)OCCC)cc2)s1. The zero-order valence-electron chi connectivity index (χ0n) is 15.2. The van der Waals surface area contributed by atoms with Crippen LogP contribution >= 0.6 is 34.9 Å². The van der Waals surface area contributed by atoms with E-state index < -0.39 is 0 Å². The highest BCUT2D eigenvalue weighted by Crippen LogP contribution is 2.29. The second-order valence-corrected chi connectivity index (χ2v) is 9.05. The maximum atomic E-state index is 12.1. The number of amides is 1. The number of nitrogens with zero attached hydrogens (tertiary/aromatic N) is 2.